The van der Waals surface area contributed by atoms with E-state index < -0.39 is 5.97 Å². The molecule has 16 heavy (non-hydrogen) atoms. The third-order valence-corrected chi connectivity index (χ3v) is 1.87. The van der Waals surface area contributed by atoms with Crippen molar-refractivity contribution in [3.8, 4) is 6.07 Å². The highest BCUT2D eigenvalue weighted by atomic mass is 32.1. The largest absolute Gasteiger partial charge is 0.466 e. The monoisotopic (exact) mass is 241 g/mol. The van der Waals surface area contributed by atoms with E-state index in [9.17, 15) is 4.79 Å². The van der Waals surface area contributed by atoms with Crippen molar-refractivity contribution in [2.45, 2.75) is 0 Å². The third kappa shape index (κ3) is 3.18. The van der Waals surface area contributed by atoms with Crippen LogP contribution in [0.3, 0.4) is 0 Å². The van der Waals surface area contributed by atoms with Crippen molar-refractivity contribution in [1.29, 1.82) is 5.26 Å². The first-order chi connectivity index (χ1) is 7.67. The van der Waals surface area contributed by atoms with E-state index >= 15 is 0 Å². The molecular formula is C7H7N5O3S. The van der Waals surface area contributed by atoms with E-state index in [1.165, 1.54) is 7.11 Å². The number of methoxy groups -OCH3 is 1. The second-order valence-electron chi connectivity index (χ2n) is 2.36. The Balaban J connectivity index is 2.65. The van der Waals surface area contributed by atoms with Crippen LogP contribution in [0.4, 0.5) is 5.13 Å². The normalized spacial score (nSPS) is 10.6. The minimum atomic E-state index is -0.605. The molecule has 0 atom stereocenters. The SMILES string of the molecule is COC(=O)CON=C(C#N)c1nsc(N)n1. The van der Waals surface area contributed by atoms with E-state index in [4.69, 9.17) is 11.0 Å². The number of ether oxygens (including phenoxy) is 1. The van der Waals surface area contributed by atoms with Crippen molar-refractivity contribution in [2.75, 3.05) is 19.5 Å². The maximum atomic E-state index is 10.7. The van der Waals surface area contributed by atoms with E-state index in [0.29, 0.717) is 0 Å². The fourth-order valence-electron chi connectivity index (χ4n) is 0.651. The Hall–Kier alpha value is -2.21. The molecule has 0 saturated heterocycles. The Kier molecular flexibility index (Phi) is 4.16. The summed E-state index contributed by atoms with van der Waals surface area (Å²) in [5, 5.41) is 12.3. The Bertz CT molecular complexity index is 449. The highest BCUT2D eigenvalue weighted by Gasteiger charge is 2.10. The number of nitriles is 1. The summed E-state index contributed by atoms with van der Waals surface area (Å²) in [6, 6.07) is 1.72. The number of hydrogen-bond acceptors (Lipinski definition) is 9. The minimum Gasteiger partial charge on any atom is -0.466 e. The minimum absolute atomic E-state index is 0.0647. The van der Waals surface area contributed by atoms with Gasteiger partial charge in [-0.15, -0.1) is 0 Å². The molecule has 0 fully saturated rings. The van der Waals surface area contributed by atoms with Crippen molar-refractivity contribution < 1.29 is 14.4 Å². The topological polar surface area (TPSA) is 123 Å². The van der Waals surface area contributed by atoms with Crippen molar-refractivity contribution in [2.24, 2.45) is 5.16 Å². The summed E-state index contributed by atoms with van der Waals surface area (Å²) in [6.45, 7) is -0.388. The quantitative estimate of drug-likeness (QED) is 0.429. The molecule has 0 unspecified atom stereocenters. The standard InChI is InChI=1S/C7H7N5O3S/c1-14-5(13)3-15-11-4(2-8)6-10-7(9)16-12-6/h3H2,1H3,(H2,9,10,12). The first kappa shape index (κ1) is 11.9. The molecule has 8 nitrogen and oxygen atoms in total. The molecule has 84 valence electrons. The van der Waals surface area contributed by atoms with Gasteiger partial charge in [0.05, 0.1) is 7.11 Å². The molecule has 0 spiro atoms. The first-order valence-electron chi connectivity index (χ1n) is 3.93. The van der Waals surface area contributed by atoms with Crippen molar-refractivity contribution in [1.82, 2.24) is 9.36 Å². The van der Waals surface area contributed by atoms with Crippen LogP contribution < -0.4 is 5.73 Å². The van der Waals surface area contributed by atoms with Crippen LogP contribution >= 0.6 is 11.5 Å². The lowest BCUT2D eigenvalue weighted by molar-refractivity contribution is -0.145. The van der Waals surface area contributed by atoms with Gasteiger partial charge in [0.25, 0.3) is 0 Å². The summed E-state index contributed by atoms with van der Waals surface area (Å²) >= 11 is 0.930. The molecule has 0 aliphatic rings. The third-order valence-electron chi connectivity index (χ3n) is 1.33. The maximum absolute atomic E-state index is 10.7. The second-order valence-corrected chi connectivity index (χ2v) is 3.14. The summed E-state index contributed by atoms with van der Waals surface area (Å²) in [5.74, 6) is -0.540. The van der Waals surface area contributed by atoms with E-state index in [0.717, 1.165) is 11.5 Å². The first-order valence-corrected chi connectivity index (χ1v) is 4.71. The highest BCUT2D eigenvalue weighted by molar-refractivity contribution is 7.09. The van der Waals surface area contributed by atoms with E-state index in [2.05, 4.69) is 24.1 Å². The van der Waals surface area contributed by atoms with Gasteiger partial charge in [-0.3, -0.25) is 0 Å². The fraction of sp³-hybridized carbons (Fsp3) is 0.286. The van der Waals surface area contributed by atoms with Crippen LogP contribution in [-0.2, 0) is 14.4 Å². The molecule has 0 aliphatic carbocycles. The van der Waals surface area contributed by atoms with Crippen LogP contribution in [0.15, 0.2) is 5.16 Å². The van der Waals surface area contributed by atoms with E-state index in [1.807, 2.05) is 0 Å². The average Bonchev–Trinajstić information content (AvgIpc) is 2.70. The number of carbonyl (C=O) groups is 1. The Morgan fingerprint density at radius 2 is 2.50 bits per heavy atom. The van der Waals surface area contributed by atoms with Crippen LogP contribution in [0.25, 0.3) is 0 Å². The number of esters is 1. The lowest BCUT2D eigenvalue weighted by Crippen LogP contribution is -2.09. The van der Waals surface area contributed by atoms with E-state index in [-0.39, 0.29) is 23.3 Å². The summed E-state index contributed by atoms with van der Waals surface area (Å²) < 4.78 is 8.07. The number of oxime groups is 1. The number of aromatic nitrogens is 2. The van der Waals surface area contributed by atoms with Crippen molar-refractivity contribution >= 4 is 28.3 Å². The van der Waals surface area contributed by atoms with E-state index in [1.54, 1.807) is 6.07 Å². The van der Waals surface area contributed by atoms with Gasteiger partial charge in [-0.1, -0.05) is 5.16 Å². The summed E-state index contributed by atoms with van der Waals surface area (Å²) in [5.41, 5.74) is 5.18. The van der Waals surface area contributed by atoms with Crippen molar-refractivity contribution in [3.05, 3.63) is 5.82 Å². The van der Waals surface area contributed by atoms with Gasteiger partial charge in [-0.05, 0) is 0 Å². The lowest BCUT2D eigenvalue weighted by Gasteiger charge is -1.96. The van der Waals surface area contributed by atoms with Gasteiger partial charge in [0.2, 0.25) is 18.1 Å². The van der Waals surface area contributed by atoms with Gasteiger partial charge in [0.1, 0.15) is 6.07 Å². The molecule has 9 heteroatoms. The van der Waals surface area contributed by atoms with Gasteiger partial charge in [-0.25, -0.2) is 4.79 Å². The molecular weight excluding hydrogens is 234 g/mol. The van der Waals surface area contributed by atoms with Crippen LogP contribution in [0, 0.1) is 11.3 Å². The maximum Gasteiger partial charge on any atom is 0.346 e. The molecule has 1 heterocycles. The highest BCUT2D eigenvalue weighted by Crippen LogP contribution is 2.06. The molecule has 1 aromatic rings. The average molecular weight is 241 g/mol. The molecule has 0 radical (unpaired) electrons. The second kappa shape index (κ2) is 5.62. The Labute approximate surface area is 94.4 Å². The van der Waals surface area contributed by atoms with Crippen LogP contribution in [0.1, 0.15) is 5.82 Å². The van der Waals surface area contributed by atoms with Crippen LogP contribution in [0.2, 0.25) is 0 Å². The van der Waals surface area contributed by atoms with Crippen LogP contribution in [-0.4, -0.2) is 34.8 Å². The zero-order valence-corrected chi connectivity index (χ0v) is 9.02. The molecule has 1 aromatic heterocycles. The smallest absolute Gasteiger partial charge is 0.346 e. The number of nitrogens with two attached hydrogens (primary N) is 1. The number of hydrogen-bond donors (Lipinski definition) is 1. The molecule has 0 aliphatic heterocycles. The number of anilines is 1. The zero-order valence-electron chi connectivity index (χ0n) is 8.21. The fourth-order valence-corrected chi connectivity index (χ4v) is 1.09. The number of carbonyl (C=O) groups excluding carboxylic acids is 1. The lowest BCUT2D eigenvalue weighted by atomic mass is 10.4. The molecule has 1 rings (SSSR count). The van der Waals surface area contributed by atoms with Gasteiger partial charge in [0.15, 0.2) is 5.13 Å². The predicted molar refractivity (Wildman–Crippen MR) is 54.4 cm³/mol. The summed E-state index contributed by atoms with van der Waals surface area (Å²) in [6.07, 6.45) is 0. The Morgan fingerprint density at radius 3 is 3.00 bits per heavy atom. The summed E-state index contributed by atoms with van der Waals surface area (Å²) in [7, 11) is 1.21. The van der Waals surface area contributed by atoms with Gasteiger partial charge in [-0.2, -0.15) is 14.6 Å². The number of nitrogen functional groups attached to an aromatic ring is 1. The Morgan fingerprint density at radius 1 is 1.75 bits per heavy atom. The van der Waals surface area contributed by atoms with Gasteiger partial charge < -0.3 is 15.3 Å². The van der Waals surface area contributed by atoms with Gasteiger partial charge >= 0.3 is 5.97 Å². The number of nitrogens with zero attached hydrogens (tertiary/aromatic N) is 4. The van der Waals surface area contributed by atoms with Crippen LogP contribution in [0.5, 0.6) is 0 Å². The molecule has 0 bridgehead atoms. The zero-order chi connectivity index (χ0) is 12.0. The molecule has 0 saturated carbocycles. The summed E-state index contributed by atoms with van der Waals surface area (Å²) in [4.78, 5) is 19.0. The molecule has 0 aromatic carbocycles. The molecule has 2 N–H and O–H groups in total. The predicted octanol–water partition coefficient (Wildman–Crippen LogP) is -0.462. The number of rotatable bonds is 4. The van der Waals surface area contributed by atoms with Gasteiger partial charge in [0, 0.05) is 11.5 Å². The van der Waals surface area contributed by atoms with Crippen molar-refractivity contribution in [3.63, 3.8) is 0 Å². The molecule has 0 amide bonds.